The summed E-state index contributed by atoms with van der Waals surface area (Å²) in [5.41, 5.74) is 0.407. The van der Waals surface area contributed by atoms with E-state index >= 15 is 0 Å². The van der Waals surface area contributed by atoms with Gasteiger partial charge in [-0.1, -0.05) is 23.9 Å². The van der Waals surface area contributed by atoms with Gasteiger partial charge in [0.15, 0.2) is 5.65 Å². The average molecular weight is 427 g/mol. The lowest BCUT2D eigenvalue weighted by molar-refractivity contribution is -0.117. The summed E-state index contributed by atoms with van der Waals surface area (Å²) in [7, 11) is 0. The van der Waals surface area contributed by atoms with E-state index in [1.165, 1.54) is 30.0 Å². The molecule has 0 saturated carbocycles. The molecule has 1 N–H and O–H groups in total. The van der Waals surface area contributed by atoms with Crippen LogP contribution in [0.2, 0.25) is 0 Å². The molecule has 0 radical (unpaired) electrons. The summed E-state index contributed by atoms with van der Waals surface area (Å²) in [5, 5.41) is 11.3. The molecule has 4 aromatic rings. The van der Waals surface area contributed by atoms with Crippen LogP contribution in [0.1, 0.15) is 5.56 Å². The van der Waals surface area contributed by atoms with Gasteiger partial charge in [-0.3, -0.25) is 4.79 Å². The van der Waals surface area contributed by atoms with Crippen molar-refractivity contribution < 1.29 is 13.6 Å². The fourth-order valence-corrected chi connectivity index (χ4v) is 3.53. The highest BCUT2D eigenvalue weighted by Gasteiger charge is 2.13. The summed E-state index contributed by atoms with van der Waals surface area (Å²) in [4.78, 5) is 25.4. The number of fused-ring (bicyclic) bond motifs is 1. The van der Waals surface area contributed by atoms with Crippen LogP contribution in [0.3, 0.4) is 0 Å². The number of carbonyl (C=O) groups excluding carboxylic acids is 1. The van der Waals surface area contributed by atoms with Crippen LogP contribution in [0, 0.1) is 18.6 Å². The van der Waals surface area contributed by atoms with Gasteiger partial charge in [0, 0.05) is 10.6 Å². The molecule has 2 aromatic carbocycles. The lowest BCUT2D eigenvalue weighted by Gasteiger charge is -2.05. The molecule has 0 atom stereocenters. The molecular weight excluding hydrogens is 412 g/mol. The molecule has 4 rings (SSSR count). The van der Waals surface area contributed by atoms with E-state index in [9.17, 15) is 18.4 Å². The third-order valence-electron chi connectivity index (χ3n) is 4.18. The van der Waals surface area contributed by atoms with Crippen molar-refractivity contribution in [1.82, 2.24) is 19.4 Å². The Balaban J connectivity index is 1.53. The molecule has 0 aliphatic carbocycles. The van der Waals surface area contributed by atoms with Gasteiger partial charge in [-0.2, -0.15) is 9.61 Å². The van der Waals surface area contributed by atoms with Crippen molar-refractivity contribution in [3.05, 3.63) is 82.3 Å². The Bertz CT molecular complexity index is 1320. The predicted molar refractivity (Wildman–Crippen MR) is 108 cm³/mol. The predicted octanol–water partition coefficient (Wildman–Crippen LogP) is 3.27. The Morgan fingerprint density at radius 3 is 2.70 bits per heavy atom. The largest absolute Gasteiger partial charge is 0.367 e. The quantitative estimate of drug-likeness (QED) is 0.529. The van der Waals surface area contributed by atoms with Crippen molar-refractivity contribution in [3.63, 3.8) is 0 Å². The molecule has 10 heteroatoms. The molecule has 152 valence electrons. The minimum atomic E-state index is -0.600. The highest BCUT2D eigenvalue weighted by Crippen LogP contribution is 2.26. The zero-order valence-electron chi connectivity index (χ0n) is 15.7. The lowest BCUT2D eigenvalue weighted by Crippen LogP contribution is -2.28. The zero-order chi connectivity index (χ0) is 21.3. The molecule has 0 bridgehead atoms. The molecule has 30 heavy (non-hydrogen) atoms. The molecule has 0 aliphatic heterocycles. The number of aromatic nitrogens is 4. The fourth-order valence-electron chi connectivity index (χ4n) is 2.71. The summed E-state index contributed by atoms with van der Waals surface area (Å²) in [6, 6.07) is 13.6. The van der Waals surface area contributed by atoms with Crippen LogP contribution in [-0.4, -0.2) is 25.3 Å². The summed E-state index contributed by atoms with van der Waals surface area (Å²) >= 11 is 1.19. The number of aryl methyl sites for hydroxylation is 1. The Kier molecular flexibility index (Phi) is 5.32. The van der Waals surface area contributed by atoms with E-state index in [4.69, 9.17) is 0 Å². The molecule has 2 aromatic heterocycles. The molecule has 2 heterocycles. The third-order valence-corrected chi connectivity index (χ3v) is 5.10. The Hall–Kier alpha value is -3.53. The first-order valence-corrected chi connectivity index (χ1v) is 9.67. The van der Waals surface area contributed by atoms with E-state index in [1.807, 2.05) is 0 Å². The first-order chi connectivity index (χ1) is 14.4. The van der Waals surface area contributed by atoms with E-state index in [0.717, 1.165) is 9.20 Å². The normalized spacial score (nSPS) is 11.0. The van der Waals surface area contributed by atoms with Gasteiger partial charge in [-0.25, -0.2) is 18.3 Å². The number of hydrogen-bond donors (Lipinski definition) is 1. The van der Waals surface area contributed by atoms with Gasteiger partial charge < -0.3 is 5.32 Å². The van der Waals surface area contributed by atoms with Crippen LogP contribution in [0.15, 0.2) is 69.3 Å². The summed E-state index contributed by atoms with van der Waals surface area (Å²) in [6.07, 6.45) is 0. The van der Waals surface area contributed by atoms with Crippen LogP contribution in [-0.2, 0) is 11.3 Å². The number of nitrogens with zero attached hydrogens (tertiary/aromatic N) is 4. The van der Waals surface area contributed by atoms with Gasteiger partial charge in [0.1, 0.15) is 23.2 Å². The van der Waals surface area contributed by atoms with Crippen molar-refractivity contribution in [2.24, 2.45) is 0 Å². The van der Waals surface area contributed by atoms with E-state index in [2.05, 4.69) is 15.5 Å². The van der Waals surface area contributed by atoms with Crippen molar-refractivity contribution in [2.75, 3.05) is 5.32 Å². The molecule has 7 nitrogen and oxygen atoms in total. The van der Waals surface area contributed by atoms with Crippen molar-refractivity contribution >= 4 is 29.0 Å². The van der Waals surface area contributed by atoms with Crippen LogP contribution < -0.4 is 11.0 Å². The number of carbonyl (C=O) groups is 1. The molecule has 0 aliphatic rings. The van der Waals surface area contributed by atoms with Gasteiger partial charge in [0.05, 0.1) is 0 Å². The number of nitrogens with one attached hydrogen (secondary N) is 1. The highest BCUT2D eigenvalue weighted by molar-refractivity contribution is 7.99. The van der Waals surface area contributed by atoms with E-state index in [0.29, 0.717) is 15.5 Å². The third kappa shape index (κ3) is 4.23. The maximum Gasteiger partial charge on any atom is 0.367 e. The van der Waals surface area contributed by atoms with E-state index < -0.39 is 17.4 Å². The standard InChI is InChI=1S/C20H15F2N5O2S/c1-12-5-6-14(10-16(12)22)23-18(28)11-26-20(29)27-17(24-26)7-8-19(25-27)30-15-4-2-3-13(21)9-15/h2-10H,11H2,1H3,(H,23,28). The zero-order valence-corrected chi connectivity index (χ0v) is 16.5. The Labute approximate surface area is 173 Å². The van der Waals surface area contributed by atoms with Crippen LogP contribution >= 0.6 is 11.8 Å². The van der Waals surface area contributed by atoms with Crippen molar-refractivity contribution in [2.45, 2.75) is 23.4 Å². The smallest absolute Gasteiger partial charge is 0.324 e. The van der Waals surface area contributed by atoms with E-state index in [-0.39, 0.29) is 23.7 Å². The summed E-state index contributed by atoms with van der Waals surface area (Å²) in [5.74, 6) is -1.34. The number of anilines is 1. The lowest BCUT2D eigenvalue weighted by atomic mass is 10.2. The Morgan fingerprint density at radius 1 is 1.10 bits per heavy atom. The minimum absolute atomic E-state index is 0.262. The second kappa shape index (κ2) is 8.07. The summed E-state index contributed by atoms with van der Waals surface area (Å²) in [6.45, 7) is 1.26. The summed E-state index contributed by atoms with van der Waals surface area (Å²) < 4.78 is 29.0. The second-order valence-electron chi connectivity index (χ2n) is 6.45. The minimum Gasteiger partial charge on any atom is -0.324 e. The number of rotatable bonds is 5. The van der Waals surface area contributed by atoms with Gasteiger partial charge in [-0.05, 0) is 55.0 Å². The maximum atomic E-state index is 13.6. The number of halogens is 2. The second-order valence-corrected chi connectivity index (χ2v) is 7.55. The fraction of sp³-hybridized carbons (Fsp3) is 0.100. The number of amides is 1. The number of hydrogen-bond acceptors (Lipinski definition) is 5. The van der Waals surface area contributed by atoms with Crippen LogP contribution in [0.5, 0.6) is 0 Å². The molecule has 0 saturated heterocycles. The van der Waals surface area contributed by atoms with Gasteiger partial charge >= 0.3 is 5.69 Å². The van der Waals surface area contributed by atoms with Crippen molar-refractivity contribution in [3.8, 4) is 0 Å². The SMILES string of the molecule is Cc1ccc(NC(=O)Cn2nc3ccc(Sc4cccc(F)c4)nn3c2=O)cc1F. The molecule has 0 fully saturated rings. The topological polar surface area (TPSA) is 81.3 Å². The molecular formula is C20H15F2N5O2S. The van der Waals surface area contributed by atoms with Crippen LogP contribution in [0.4, 0.5) is 14.5 Å². The molecule has 0 unspecified atom stereocenters. The van der Waals surface area contributed by atoms with Crippen molar-refractivity contribution in [1.29, 1.82) is 0 Å². The first-order valence-electron chi connectivity index (χ1n) is 8.85. The Morgan fingerprint density at radius 2 is 1.93 bits per heavy atom. The van der Waals surface area contributed by atoms with Gasteiger partial charge in [0.25, 0.3) is 0 Å². The van der Waals surface area contributed by atoms with Crippen LogP contribution in [0.25, 0.3) is 5.65 Å². The number of benzene rings is 2. The highest BCUT2D eigenvalue weighted by atomic mass is 32.2. The average Bonchev–Trinajstić information content (AvgIpc) is 3.00. The first kappa shape index (κ1) is 19.8. The van der Waals surface area contributed by atoms with Gasteiger partial charge in [-0.15, -0.1) is 5.10 Å². The molecule has 1 amide bonds. The van der Waals surface area contributed by atoms with Gasteiger partial charge in [0.2, 0.25) is 5.91 Å². The van der Waals surface area contributed by atoms with E-state index in [1.54, 1.807) is 43.3 Å². The molecule has 0 spiro atoms. The monoisotopic (exact) mass is 427 g/mol. The maximum absolute atomic E-state index is 13.6.